The third-order valence-corrected chi connectivity index (χ3v) is 3.04. The minimum Gasteiger partial charge on any atom is -0.481 e. The maximum Gasteiger partial charge on any atom is 0.303 e. The van der Waals surface area contributed by atoms with Crippen LogP contribution in [0.4, 0.5) is 0 Å². The number of aliphatic carboxylic acids is 1. The summed E-state index contributed by atoms with van der Waals surface area (Å²) < 4.78 is 0. The van der Waals surface area contributed by atoms with Crippen molar-refractivity contribution in [3.05, 3.63) is 35.4 Å². The molecule has 1 saturated carbocycles. The molecule has 3 nitrogen and oxygen atoms in total. The molecule has 1 aromatic rings. The fraction of sp³-hybridized carbons (Fsp3) is 0.429. The van der Waals surface area contributed by atoms with E-state index in [1.165, 1.54) is 0 Å². The van der Waals surface area contributed by atoms with Crippen molar-refractivity contribution in [2.24, 2.45) is 5.92 Å². The Hall–Kier alpha value is -1.64. The van der Waals surface area contributed by atoms with Gasteiger partial charge < -0.3 is 5.11 Å². The molecule has 0 amide bonds. The zero-order chi connectivity index (χ0) is 12.3. The van der Waals surface area contributed by atoms with Gasteiger partial charge in [0.05, 0.1) is 0 Å². The Balaban J connectivity index is 1.88. The van der Waals surface area contributed by atoms with Gasteiger partial charge in [-0.25, -0.2) is 0 Å². The van der Waals surface area contributed by atoms with E-state index in [0.717, 1.165) is 30.4 Å². The molecule has 1 aliphatic rings. The topological polar surface area (TPSA) is 54.4 Å². The standard InChI is InChI=1S/C14H16O3/c15-13(16)3-1-2-10-4-6-11(7-5-10)14(17)12-8-9-12/h4-7,12H,1-3,8-9H2,(H,15,16). The number of hydrogen-bond acceptors (Lipinski definition) is 2. The van der Waals surface area contributed by atoms with Crippen LogP contribution in [0.2, 0.25) is 0 Å². The molecule has 1 aromatic carbocycles. The maximum absolute atomic E-state index is 11.7. The first-order valence-corrected chi connectivity index (χ1v) is 6.02. The Kier molecular flexibility index (Phi) is 3.57. The molecular formula is C14H16O3. The molecule has 0 spiro atoms. The number of carboxylic acid groups (broad SMARTS) is 1. The van der Waals surface area contributed by atoms with Gasteiger partial charge in [0.1, 0.15) is 0 Å². The molecule has 0 atom stereocenters. The zero-order valence-electron chi connectivity index (χ0n) is 9.69. The van der Waals surface area contributed by atoms with Crippen LogP contribution in [0.15, 0.2) is 24.3 Å². The Bertz CT molecular complexity index is 416. The summed E-state index contributed by atoms with van der Waals surface area (Å²) in [6, 6.07) is 7.57. The summed E-state index contributed by atoms with van der Waals surface area (Å²) in [5, 5.41) is 8.53. The highest BCUT2D eigenvalue weighted by Gasteiger charge is 2.30. The number of aryl methyl sites for hydroxylation is 1. The lowest BCUT2D eigenvalue weighted by molar-refractivity contribution is -0.137. The molecule has 0 heterocycles. The van der Waals surface area contributed by atoms with Gasteiger partial charge in [-0.1, -0.05) is 24.3 Å². The van der Waals surface area contributed by atoms with E-state index in [0.29, 0.717) is 6.42 Å². The second-order valence-corrected chi connectivity index (χ2v) is 4.58. The van der Waals surface area contributed by atoms with Crippen molar-refractivity contribution < 1.29 is 14.7 Å². The third-order valence-electron chi connectivity index (χ3n) is 3.04. The van der Waals surface area contributed by atoms with Crippen LogP contribution in [-0.2, 0) is 11.2 Å². The van der Waals surface area contributed by atoms with E-state index in [1.54, 1.807) is 0 Å². The molecule has 2 rings (SSSR count). The first kappa shape index (κ1) is 11.8. The van der Waals surface area contributed by atoms with Gasteiger partial charge in [0.25, 0.3) is 0 Å². The van der Waals surface area contributed by atoms with Crippen LogP contribution >= 0.6 is 0 Å². The van der Waals surface area contributed by atoms with E-state index < -0.39 is 5.97 Å². The summed E-state index contributed by atoms with van der Waals surface area (Å²) in [6.45, 7) is 0. The fourth-order valence-electron chi connectivity index (χ4n) is 1.86. The van der Waals surface area contributed by atoms with Gasteiger partial charge >= 0.3 is 5.97 Å². The monoisotopic (exact) mass is 232 g/mol. The lowest BCUT2D eigenvalue weighted by Crippen LogP contribution is -2.01. The van der Waals surface area contributed by atoms with Gasteiger partial charge in [-0.3, -0.25) is 9.59 Å². The minimum atomic E-state index is -0.759. The molecule has 90 valence electrons. The molecule has 0 aliphatic heterocycles. The molecular weight excluding hydrogens is 216 g/mol. The van der Waals surface area contributed by atoms with E-state index in [1.807, 2.05) is 24.3 Å². The second-order valence-electron chi connectivity index (χ2n) is 4.58. The molecule has 0 unspecified atom stereocenters. The highest BCUT2D eigenvalue weighted by molar-refractivity contribution is 5.99. The maximum atomic E-state index is 11.7. The summed E-state index contributed by atoms with van der Waals surface area (Å²) >= 11 is 0. The smallest absolute Gasteiger partial charge is 0.303 e. The van der Waals surface area contributed by atoms with Crippen LogP contribution in [0.5, 0.6) is 0 Å². The molecule has 0 bridgehead atoms. The number of hydrogen-bond donors (Lipinski definition) is 1. The molecule has 0 radical (unpaired) electrons. The number of benzene rings is 1. The van der Waals surface area contributed by atoms with Crippen molar-refractivity contribution in [1.82, 2.24) is 0 Å². The lowest BCUT2D eigenvalue weighted by atomic mass is 10.0. The summed E-state index contributed by atoms with van der Waals surface area (Å²) in [7, 11) is 0. The van der Waals surface area contributed by atoms with Crippen molar-refractivity contribution in [2.75, 3.05) is 0 Å². The number of rotatable bonds is 6. The third kappa shape index (κ3) is 3.41. The SMILES string of the molecule is O=C(O)CCCc1ccc(C(=O)C2CC2)cc1. The molecule has 17 heavy (non-hydrogen) atoms. The average molecular weight is 232 g/mol. The number of carbonyl (C=O) groups is 2. The van der Waals surface area contributed by atoms with Crippen LogP contribution in [0.1, 0.15) is 41.6 Å². The largest absolute Gasteiger partial charge is 0.481 e. The van der Waals surface area contributed by atoms with Gasteiger partial charge in [-0.15, -0.1) is 0 Å². The predicted molar refractivity (Wildman–Crippen MR) is 64.1 cm³/mol. The Morgan fingerprint density at radius 1 is 1.18 bits per heavy atom. The van der Waals surface area contributed by atoms with Gasteiger partial charge in [0, 0.05) is 17.9 Å². The summed E-state index contributed by atoms with van der Waals surface area (Å²) in [5.74, 6) is -0.250. The molecule has 0 saturated heterocycles. The quantitative estimate of drug-likeness (QED) is 0.767. The summed E-state index contributed by atoms with van der Waals surface area (Å²) in [6.07, 6.45) is 3.65. The minimum absolute atomic E-state index is 0.197. The first-order valence-electron chi connectivity index (χ1n) is 6.02. The molecule has 0 aromatic heterocycles. The van der Waals surface area contributed by atoms with Crippen LogP contribution < -0.4 is 0 Å². The van der Waals surface area contributed by atoms with E-state index in [4.69, 9.17) is 5.11 Å². The highest BCUT2D eigenvalue weighted by atomic mass is 16.4. The predicted octanol–water partition coefficient (Wildman–Crippen LogP) is 2.69. The van der Waals surface area contributed by atoms with Crippen molar-refractivity contribution in [1.29, 1.82) is 0 Å². The van der Waals surface area contributed by atoms with E-state index >= 15 is 0 Å². The van der Waals surface area contributed by atoms with Crippen molar-refractivity contribution in [3.63, 3.8) is 0 Å². The van der Waals surface area contributed by atoms with Gasteiger partial charge in [0.2, 0.25) is 0 Å². The van der Waals surface area contributed by atoms with E-state index in [-0.39, 0.29) is 18.1 Å². The summed E-state index contributed by atoms with van der Waals surface area (Å²) in [5.41, 5.74) is 1.88. The number of Topliss-reactive ketones (excluding diaryl/α,β-unsaturated/α-hetero) is 1. The number of carboxylic acids is 1. The van der Waals surface area contributed by atoms with E-state index in [2.05, 4.69) is 0 Å². The Morgan fingerprint density at radius 3 is 2.35 bits per heavy atom. The number of ketones is 1. The van der Waals surface area contributed by atoms with Crippen molar-refractivity contribution in [2.45, 2.75) is 32.1 Å². The second kappa shape index (κ2) is 5.13. The molecule has 1 fully saturated rings. The van der Waals surface area contributed by atoms with Crippen LogP contribution in [-0.4, -0.2) is 16.9 Å². The molecule has 1 aliphatic carbocycles. The Labute approximate surface area is 100 Å². The van der Waals surface area contributed by atoms with Crippen LogP contribution in [0, 0.1) is 5.92 Å². The van der Waals surface area contributed by atoms with Gasteiger partial charge in [-0.2, -0.15) is 0 Å². The highest BCUT2D eigenvalue weighted by Crippen LogP contribution is 2.32. The zero-order valence-corrected chi connectivity index (χ0v) is 9.69. The van der Waals surface area contributed by atoms with E-state index in [9.17, 15) is 9.59 Å². The normalized spacial score (nSPS) is 14.6. The Morgan fingerprint density at radius 2 is 1.82 bits per heavy atom. The fourth-order valence-corrected chi connectivity index (χ4v) is 1.86. The van der Waals surface area contributed by atoms with Crippen molar-refractivity contribution >= 4 is 11.8 Å². The van der Waals surface area contributed by atoms with Crippen molar-refractivity contribution in [3.8, 4) is 0 Å². The molecule has 1 N–H and O–H groups in total. The van der Waals surface area contributed by atoms with Crippen LogP contribution in [0.3, 0.4) is 0 Å². The number of carbonyl (C=O) groups excluding carboxylic acids is 1. The average Bonchev–Trinajstić information content (AvgIpc) is 3.12. The summed E-state index contributed by atoms with van der Waals surface area (Å²) in [4.78, 5) is 22.1. The van der Waals surface area contributed by atoms with Gasteiger partial charge in [0.15, 0.2) is 5.78 Å². The van der Waals surface area contributed by atoms with Crippen LogP contribution in [0.25, 0.3) is 0 Å². The molecule has 3 heteroatoms. The van der Waals surface area contributed by atoms with Gasteiger partial charge in [-0.05, 0) is 31.2 Å². The lowest BCUT2D eigenvalue weighted by Gasteiger charge is -2.02. The first-order chi connectivity index (χ1) is 8.16.